The van der Waals surface area contributed by atoms with Crippen LogP contribution in [-0.4, -0.2) is 43.5 Å². The number of rotatable bonds is 3. The predicted octanol–water partition coefficient (Wildman–Crippen LogP) is 1.36. The monoisotopic (exact) mass is 377 g/mol. The molecule has 1 amide bonds. The molecule has 1 aliphatic carbocycles. The molecule has 8 heteroatoms. The van der Waals surface area contributed by atoms with Gasteiger partial charge in [0.2, 0.25) is 0 Å². The minimum absolute atomic E-state index is 0.0662. The van der Waals surface area contributed by atoms with E-state index in [9.17, 15) is 22.8 Å². The quantitative estimate of drug-likeness (QED) is 0.738. The molecule has 2 atom stereocenters. The zero-order valence-corrected chi connectivity index (χ0v) is 15.3. The summed E-state index contributed by atoms with van der Waals surface area (Å²) in [6.45, 7) is 1.81. The molecule has 0 aromatic heterocycles. The van der Waals surface area contributed by atoms with Gasteiger partial charge in [0, 0.05) is 18.9 Å². The average molecular weight is 377 g/mol. The maximum Gasteiger partial charge on any atom is 0.317 e. The van der Waals surface area contributed by atoms with E-state index in [1.165, 1.54) is 25.3 Å². The fourth-order valence-electron chi connectivity index (χ4n) is 3.55. The van der Waals surface area contributed by atoms with Crippen molar-refractivity contribution >= 4 is 27.7 Å². The zero-order valence-electron chi connectivity index (χ0n) is 14.5. The Hall–Kier alpha value is -2.48. The zero-order chi connectivity index (χ0) is 19.1. The van der Waals surface area contributed by atoms with Gasteiger partial charge in [-0.25, -0.2) is 12.7 Å². The lowest BCUT2D eigenvalue weighted by molar-refractivity contribution is -0.157. The molecule has 7 nitrogen and oxygen atoms in total. The lowest BCUT2D eigenvalue weighted by Crippen LogP contribution is -2.60. The van der Waals surface area contributed by atoms with Gasteiger partial charge < -0.3 is 4.74 Å². The van der Waals surface area contributed by atoms with E-state index in [4.69, 9.17) is 4.74 Å². The smallest absolute Gasteiger partial charge is 0.317 e. The normalized spacial score (nSPS) is 25.8. The van der Waals surface area contributed by atoms with Gasteiger partial charge in [0.15, 0.2) is 0 Å². The third-order valence-corrected chi connectivity index (χ3v) is 6.82. The van der Waals surface area contributed by atoms with Gasteiger partial charge in [-0.1, -0.05) is 23.8 Å². The number of carbonyl (C=O) groups is 3. The Morgan fingerprint density at radius 3 is 2.50 bits per heavy atom. The van der Waals surface area contributed by atoms with E-state index in [1.807, 2.05) is 6.92 Å². The largest absolute Gasteiger partial charge is 0.468 e. The molecule has 1 aromatic rings. The summed E-state index contributed by atoms with van der Waals surface area (Å²) < 4.78 is 31.8. The molecule has 1 heterocycles. The van der Waals surface area contributed by atoms with Gasteiger partial charge in [-0.3, -0.25) is 14.4 Å². The van der Waals surface area contributed by atoms with Gasteiger partial charge in [0.05, 0.1) is 18.0 Å². The highest BCUT2D eigenvalue weighted by Crippen LogP contribution is 2.44. The molecule has 3 rings (SSSR count). The highest BCUT2D eigenvalue weighted by Gasteiger charge is 2.56. The first-order valence-corrected chi connectivity index (χ1v) is 9.61. The Balaban J connectivity index is 2.15. The Kier molecular flexibility index (Phi) is 4.47. The number of nitrogens with zero attached hydrogens (tertiary/aromatic N) is 1. The van der Waals surface area contributed by atoms with Gasteiger partial charge in [0.1, 0.15) is 11.2 Å². The molecule has 1 aromatic carbocycles. The first-order chi connectivity index (χ1) is 12.2. The Morgan fingerprint density at radius 2 is 1.88 bits per heavy atom. The molecule has 0 bridgehead atoms. The van der Waals surface area contributed by atoms with Crippen molar-refractivity contribution in [3.8, 4) is 0 Å². The number of sulfonamides is 1. The molecule has 1 fully saturated rings. The summed E-state index contributed by atoms with van der Waals surface area (Å²) in [5.41, 5.74) is -0.473. The van der Waals surface area contributed by atoms with Crippen LogP contribution >= 0.6 is 0 Å². The van der Waals surface area contributed by atoms with Crippen LogP contribution in [0, 0.1) is 12.3 Å². The number of hydrogen-bond acceptors (Lipinski definition) is 6. The third-order valence-electron chi connectivity index (χ3n) is 5.00. The van der Waals surface area contributed by atoms with Crippen LogP contribution in [0.25, 0.3) is 0 Å². The van der Waals surface area contributed by atoms with E-state index < -0.39 is 33.4 Å². The highest BCUT2D eigenvalue weighted by molar-refractivity contribution is 7.89. The molecule has 138 valence electrons. The number of carbonyl (C=O) groups excluding carboxylic acids is 3. The third kappa shape index (κ3) is 2.74. The molecule has 0 unspecified atom stereocenters. The number of amides is 1. The molecule has 1 saturated carbocycles. The summed E-state index contributed by atoms with van der Waals surface area (Å²) in [5.74, 6) is -1.62. The molecule has 0 N–H and O–H groups in total. The van der Waals surface area contributed by atoms with Crippen molar-refractivity contribution in [3.05, 3.63) is 42.0 Å². The first-order valence-electron chi connectivity index (χ1n) is 8.17. The SMILES string of the molecule is COC(=O)[C@]12C=CC(=O)N(S(=O)(=O)c3ccc(C)cc3)[C@H]1CC(=O)CC2. The van der Waals surface area contributed by atoms with E-state index in [0.717, 1.165) is 11.6 Å². The Labute approximate surface area is 151 Å². The first kappa shape index (κ1) is 18.3. The van der Waals surface area contributed by atoms with Crippen molar-refractivity contribution in [1.29, 1.82) is 0 Å². The summed E-state index contributed by atoms with van der Waals surface area (Å²) in [4.78, 5) is 36.9. The lowest BCUT2D eigenvalue weighted by Gasteiger charge is -2.46. The van der Waals surface area contributed by atoms with E-state index in [-0.39, 0.29) is 29.9 Å². The van der Waals surface area contributed by atoms with Crippen molar-refractivity contribution in [1.82, 2.24) is 4.31 Å². The summed E-state index contributed by atoms with van der Waals surface area (Å²) in [6, 6.07) is 4.93. The van der Waals surface area contributed by atoms with Crippen molar-refractivity contribution in [2.75, 3.05) is 7.11 Å². The molecule has 0 saturated heterocycles. The van der Waals surface area contributed by atoms with Gasteiger partial charge >= 0.3 is 5.97 Å². The predicted molar refractivity (Wildman–Crippen MR) is 91.4 cm³/mol. The lowest BCUT2D eigenvalue weighted by atomic mass is 9.68. The second-order valence-electron chi connectivity index (χ2n) is 6.58. The molecule has 2 aliphatic rings. The maximum absolute atomic E-state index is 13.1. The number of Topliss-reactive ketones (excluding diaryl/α,β-unsaturated/α-hetero) is 1. The second-order valence-corrected chi connectivity index (χ2v) is 8.39. The van der Waals surface area contributed by atoms with E-state index in [1.54, 1.807) is 12.1 Å². The number of hydrogen-bond donors (Lipinski definition) is 0. The van der Waals surface area contributed by atoms with E-state index >= 15 is 0 Å². The number of benzene rings is 1. The minimum atomic E-state index is -4.23. The van der Waals surface area contributed by atoms with Crippen LogP contribution in [0.1, 0.15) is 24.8 Å². The van der Waals surface area contributed by atoms with Gasteiger partial charge in [-0.05, 0) is 25.5 Å². The number of ether oxygens (including phenoxy) is 1. The molecule has 1 aliphatic heterocycles. The highest BCUT2D eigenvalue weighted by atomic mass is 32.2. The van der Waals surface area contributed by atoms with Crippen LogP contribution in [-0.2, 0) is 29.1 Å². The Bertz CT molecular complexity index is 902. The molecular weight excluding hydrogens is 358 g/mol. The fourth-order valence-corrected chi connectivity index (χ4v) is 5.15. The second kappa shape index (κ2) is 6.35. The van der Waals surface area contributed by atoms with Gasteiger partial charge in [0.25, 0.3) is 15.9 Å². The summed E-state index contributed by atoms with van der Waals surface area (Å²) in [5, 5.41) is 0. The molecule has 26 heavy (non-hydrogen) atoms. The molecule has 0 spiro atoms. The Morgan fingerprint density at radius 1 is 1.23 bits per heavy atom. The van der Waals surface area contributed by atoms with Crippen molar-refractivity contribution in [2.24, 2.45) is 5.41 Å². The number of aryl methyl sites for hydroxylation is 1. The minimum Gasteiger partial charge on any atom is -0.468 e. The van der Waals surface area contributed by atoms with E-state index in [0.29, 0.717) is 4.31 Å². The topological polar surface area (TPSA) is 97.8 Å². The van der Waals surface area contributed by atoms with E-state index in [2.05, 4.69) is 0 Å². The van der Waals surface area contributed by atoms with Crippen LogP contribution in [0.2, 0.25) is 0 Å². The molecular formula is C18H19NO6S. The van der Waals surface area contributed by atoms with Crippen molar-refractivity contribution in [2.45, 2.75) is 37.1 Å². The molecule has 0 radical (unpaired) electrons. The standard InChI is InChI=1S/C18H19NO6S/c1-12-3-5-14(6-4-12)26(23,24)19-15-11-13(20)7-9-18(15,17(22)25-2)10-8-16(19)21/h3-6,8,10,15H,7,9,11H2,1-2H3/t15-,18+/m0/s1. The number of ketones is 1. The fraction of sp³-hybridized carbons (Fsp3) is 0.389. The summed E-state index contributed by atoms with van der Waals surface area (Å²) in [7, 11) is -3.03. The maximum atomic E-state index is 13.1. The van der Waals surface area contributed by atoms with Crippen molar-refractivity contribution in [3.63, 3.8) is 0 Å². The van der Waals surface area contributed by atoms with Gasteiger partial charge in [-0.15, -0.1) is 0 Å². The van der Waals surface area contributed by atoms with Crippen LogP contribution < -0.4 is 0 Å². The van der Waals surface area contributed by atoms with Crippen LogP contribution in [0.4, 0.5) is 0 Å². The van der Waals surface area contributed by atoms with Gasteiger partial charge in [-0.2, -0.15) is 0 Å². The van der Waals surface area contributed by atoms with Crippen LogP contribution in [0.5, 0.6) is 0 Å². The van der Waals surface area contributed by atoms with Crippen molar-refractivity contribution < 1.29 is 27.5 Å². The number of methoxy groups -OCH3 is 1. The van der Waals surface area contributed by atoms with Crippen LogP contribution in [0.15, 0.2) is 41.3 Å². The van der Waals surface area contributed by atoms with Crippen LogP contribution in [0.3, 0.4) is 0 Å². The summed E-state index contributed by atoms with van der Waals surface area (Å²) in [6.07, 6.45) is 2.49. The summed E-state index contributed by atoms with van der Waals surface area (Å²) >= 11 is 0. The average Bonchev–Trinajstić information content (AvgIpc) is 2.61. The number of fused-ring (bicyclic) bond motifs is 1. The number of esters is 1.